The van der Waals surface area contributed by atoms with Gasteiger partial charge in [0.05, 0.1) is 12.3 Å². The molecule has 2 N–H and O–H groups in total. The number of hydrogen-bond donors (Lipinski definition) is 2. The number of carbonyl (C=O) groups is 5. The Kier molecular flexibility index (Phi) is 11.3. The van der Waals surface area contributed by atoms with Crippen LogP contribution in [0, 0.1) is 0 Å². The number of ether oxygens (including phenoxy) is 2. The van der Waals surface area contributed by atoms with Crippen molar-refractivity contribution >= 4 is 29.7 Å². The maximum atomic E-state index is 13.5. The number of aromatic nitrogens is 2. The fraction of sp³-hybridized carbons (Fsp3) is 0.576. The van der Waals surface area contributed by atoms with Gasteiger partial charge in [-0.05, 0) is 57.6 Å². The minimum Gasteiger partial charge on any atom is -0.467 e. The Morgan fingerprint density at radius 1 is 0.936 bits per heavy atom. The van der Waals surface area contributed by atoms with E-state index in [0.29, 0.717) is 57.7 Å². The molecular formula is C33H45N7O7. The number of hydrogen-bond acceptors (Lipinski definition) is 8. The SMILES string of the molecule is CCCC(NC(=O)c1cc(OCC(=O)N2CCCC2C(=O)NC2CCC2)n(-c2ccccc2)n1)C(=O)N1CCN(C(=O)OCC)CC1. The lowest BCUT2D eigenvalue weighted by atomic mass is 9.93. The molecule has 14 nitrogen and oxygen atoms in total. The second kappa shape index (κ2) is 15.8. The summed E-state index contributed by atoms with van der Waals surface area (Å²) in [6, 6.07) is 9.41. The Hall–Kier alpha value is -4.62. The maximum Gasteiger partial charge on any atom is 0.409 e. The summed E-state index contributed by atoms with van der Waals surface area (Å²) in [7, 11) is 0. The Balaban J connectivity index is 1.25. The molecule has 2 atom stereocenters. The van der Waals surface area contributed by atoms with Gasteiger partial charge in [0.1, 0.15) is 12.1 Å². The van der Waals surface area contributed by atoms with E-state index in [1.165, 1.54) is 10.7 Å². The van der Waals surface area contributed by atoms with Crippen LogP contribution in [0.2, 0.25) is 0 Å². The van der Waals surface area contributed by atoms with Crippen molar-refractivity contribution in [2.24, 2.45) is 0 Å². The van der Waals surface area contributed by atoms with Crippen LogP contribution in [-0.2, 0) is 19.1 Å². The maximum absolute atomic E-state index is 13.5. The molecule has 0 bridgehead atoms. The van der Waals surface area contributed by atoms with Crippen LogP contribution in [0.3, 0.4) is 0 Å². The zero-order valence-electron chi connectivity index (χ0n) is 27.2. The number of para-hydroxylation sites is 1. The molecule has 5 amide bonds. The largest absolute Gasteiger partial charge is 0.467 e. The summed E-state index contributed by atoms with van der Waals surface area (Å²) in [5, 5.41) is 10.4. The van der Waals surface area contributed by atoms with Crippen LogP contribution in [0.1, 0.15) is 69.3 Å². The number of piperazine rings is 1. The molecule has 3 aliphatic rings. The van der Waals surface area contributed by atoms with E-state index in [0.717, 1.165) is 25.7 Å². The molecular weight excluding hydrogens is 606 g/mol. The topological polar surface area (TPSA) is 155 Å². The predicted octanol–water partition coefficient (Wildman–Crippen LogP) is 2.11. The molecule has 3 heterocycles. The van der Waals surface area contributed by atoms with Crippen LogP contribution < -0.4 is 15.4 Å². The first-order valence-corrected chi connectivity index (χ1v) is 16.7. The van der Waals surface area contributed by atoms with E-state index < -0.39 is 24.1 Å². The van der Waals surface area contributed by atoms with Gasteiger partial charge in [0.25, 0.3) is 11.8 Å². The van der Waals surface area contributed by atoms with Crippen molar-refractivity contribution < 1.29 is 33.4 Å². The summed E-state index contributed by atoms with van der Waals surface area (Å²) in [6.45, 7) is 5.47. The van der Waals surface area contributed by atoms with Gasteiger partial charge < -0.3 is 34.8 Å². The van der Waals surface area contributed by atoms with Crippen LogP contribution in [0.4, 0.5) is 4.79 Å². The van der Waals surface area contributed by atoms with Crippen molar-refractivity contribution in [2.45, 2.75) is 76.9 Å². The lowest BCUT2D eigenvalue weighted by Crippen LogP contribution is -2.56. The Morgan fingerprint density at radius 2 is 1.66 bits per heavy atom. The van der Waals surface area contributed by atoms with Gasteiger partial charge in [0.15, 0.2) is 12.3 Å². The molecule has 254 valence electrons. The third kappa shape index (κ3) is 8.22. The fourth-order valence-corrected chi connectivity index (χ4v) is 6.06. The molecule has 1 aromatic carbocycles. The van der Waals surface area contributed by atoms with Crippen LogP contribution in [0.5, 0.6) is 5.88 Å². The third-order valence-electron chi connectivity index (χ3n) is 8.88. The molecule has 1 saturated carbocycles. The highest BCUT2D eigenvalue weighted by atomic mass is 16.6. The average Bonchev–Trinajstić information content (AvgIpc) is 3.74. The first-order chi connectivity index (χ1) is 22.8. The van der Waals surface area contributed by atoms with Crippen molar-refractivity contribution in [1.29, 1.82) is 0 Å². The van der Waals surface area contributed by atoms with Crippen molar-refractivity contribution in [1.82, 2.24) is 35.1 Å². The van der Waals surface area contributed by atoms with Crippen molar-refractivity contribution in [2.75, 3.05) is 45.9 Å². The first kappa shape index (κ1) is 33.7. The molecule has 0 radical (unpaired) electrons. The summed E-state index contributed by atoms with van der Waals surface area (Å²) >= 11 is 0. The number of amides is 5. The van der Waals surface area contributed by atoms with Gasteiger partial charge in [0.2, 0.25) is 17.7 Å². The van der Waals surface area contributed by atoms with Gasteiger partial charge in [-0.25, -0.2) is 9.48 Å². The van der Waals surface area contributed by atoms with Gasteiger partial charge in [-0.15, -0.1) is 0 Å². The third-order valence-corrected chi connectivity index (χ3v) is 8.88. The van der Waals surface area contributed by atoms with Gasteiger partial charge in [-0.2, -0.15) is 5.10 Å². The number of rotatable bonds is 12. The summed E-state index contributed by atoms with van der Waals surface area (Å²) < 4.78 is 12.5. The molecule has 2 saturated heterocycles. The molecule has 2 aliphatic heterocycles. The van der Waals surface area contributed by atoms with E-state index in [-0.39, 0.29) is 48.6 Å². The molecule has 0 spiro atoms. The van der Waals surface area contributed by atoms with Crippen LogP contribution in [0.25, 0.3) is 5.69 Å². The zero-order chi connectivity index (χ0) is 33.3. The summed E-state index contributed by atoms with van der Waals surface area (Å²) in [5.41, 5.74) is 0.643. The lowest BCUT2D eigenvalue weighted by Gasteiger charge is -2.35. The Bertz CT molecular complexity index is 1420. The minimum absolute atomic E-state index is 0.0243. The highest BCUT2D eigenvalue weighted by molar-refractivity contribution is 5.96. The number of benzene rings is 1. The predicted molar refractivity (Wildman–Crippen MR) is 171 cm³/mol. The van der Waals surface area contributed by atoms with Crippen LogP contribution >= 0.6 is 0 Å². The van der Waals surface area contributed by atoms with Crippen molar-refractivity contribution in [3.05, 3.63) is 42.1 Å². The van der Waals surface area contributed by atoms with E-state index >= 15 is 0 Å². The second-order valence-electron chi connectivity index (χ2n) is 12.1. The molecule has 3 fully saturated rings. The van der Waals surface area contributed by atoms with E-state index in [1.807, 2.05) is 25.1 Å². The van der Waals surface area contributed by atoms with E-state index in [4.69, 9.17) is 9.47 Å². The zero-order valence-corrected chi connectivity index (χ0v) is 27.2. The summed E-state index contributed by atoms with van der Waals surface area (Å²) in [6.07, 6.45) is 5.06. The Labute approximate surface area is 274 Å². The van der Waals surface area contributed by atoms with E-state index in [9.17, 15) is 24.0 Å². The quantitative estimate of drug-likeness (QED) is 0.354. The van der Waals surface area contributed by atoms with Crippen LogP contribution in [-0.4, -0.2) is 118 Å². The fourth-order valence-electron chi connectivity index (χ4n) is 6.06. The van der Waals surface area contributed by atoms with Crippen molar-refractivity contribution in [3.63, 3.8) is 0 Å². The highest BCUT2D eigenvalue weighted by Crippen LogP contribution is 2.24. The van der Waals surface area contributed by atoms with Gasteiger partial charge in [-0.3, -0.25) is 19.2 Å². The number of carbonyl (C=O) groups excluding carboxylic acids is 5. The number of nitrogens with one attached hydrogen (secondary N) is 2. The first-order valence-electron chi connectivity index (χ1n) is 16.7. The van der Waals surface area contributed by atoms with Gasteiger partial charge in [-0.1, -0.05) is 31.5 Å². The molecule has 2 unspecified atom stereocenters. The average molecular weight is 652 g/mol. The number of likely N-dealkylation sites (tertiary alicyclic amines) is 1. The Morgan fingerprint density at radius 3 is 2.32 bits per heavy atom. The van der Waals surface area contributed by atoms with E-state index in [2.05, 4.69) is 15.7 Å². The summed E-state index contributed by atoms with van der Waals surface area (Å²) in [4.78, 5) is 69.9. The molecule has 1 aliphatic carbocycles. The molecule has 14 heteroatoms. The smallest absolute Gasteiger partial charge is 0.409 e. The molecule has 47 heavy (non-hydrogen) atoms. The van der Waals surface area contributed by atoms with Gasteiger partial charge >= 0.3 is 6.09 Å². The second-order valence-corrected chi connectivity index (χ2v) is 12.1. The lowest BCUT2D eigenvalue weighted by molar-refractivity contribution is -0.140. The molecule has 2 aromatic rings. The monoisotopic (exact) mass is 651 g/mol. The highest BCUT2D eigenvalue weighted by Gasteiger charge is 2.36. The molecule has 5 rings (SSSR count). The minimum atomic E-state index is -0.785. The normalized spacial score (nSPS) is 18.7. The summed E-state index contributed by atoms with van der Waals surface area (Å²) in [5.74, 6) is -1.04. The standard InChI is InChI=1S/C33H45N7O7/c1-3-10-25(32(44)37-17-19-38(20-18-37)33(45)46-4-2)35-30(42)26-21-29(40(36-26)24-13-6-5-7-14-24)47-22-28(41)39-16-9-15-27(39)31(43)34-23-11-8-12-23/h5-7,13-14,21,23,25,27H,3-4,8-12,15-20,22H2,1-2H3,(H,34,43)(H,35,42). The molecule has 1 aromatic heterocycles. The van der Waals surface area contributed by atoms with E-state index in [1.54, 1.807) is 33.8 Å². The van der Waals surface area contributed by atoms with Gasteiger partial charge in [0, 0.05) is 44.8 Å². The number of nitrogens with zero attached hydrogens (tertiary/aromatic N) is 5. The van der Waals surface area contributed by atoms with Crippen LogP contribution in [0.15, 0.2) is 36.4 Å². The van der Waals surface area contributed by atoms with Crippen molar-refractivity contribution in [3.8, 4) is 11.6 Å².